The molecule has 2 fully saturated rings. The molecule has 1 aromatic heterocycles. The third-order valence-electron chi connectivity index (χ3n) is 4.04. The van der Waals surface area contributed by atoms with Crippen molar-refractivity contribution < 1.29 is 0 Å². The summed E-state index contributed by atoms with van der Waals surface area (Å²) in [6.45, 7) is 4.89. The molecule has 2 bridgehead atoms. The zero-order valence-corrected chi connectivity index (χ0v) is 10.5. The third kappa shape index (κ3) is 2.50. The van der Waals surface area contributed by atoms with Crippen LogP contribution in [0.3, 0.4) is 0 Å². The third-order valence-corrected chi connectivity index (χ3v) is 4.04. The monoisotopic (exact) mass is 235 g/mol. The van der Waals surface area contributed by atoms with Crippen LogP contribution in [0.1, 0.15) is 18.7 Å². The molecule has 0 aromatic carbocycles. The molecule has 3 atom stereocenters. The Morgan fingerprint density at radius 3 is 3.12 bits per heavy atom. The first-order valence-electron chi connectivity index (χ1n) is 6.61. The van der Waals surface area contributed by atoms with Gasteiger partial charge in [0, 0.05) is 32.6 Å². The zero-order chi connectivity index (χ0) is 11.7. The van der Waals surface area contributed by atoms with Crippen LogP contribution in [0.4, 0.5) is 0 Å². The first-order chi connectivity index (χ1) is 8.31. The van der Waals surface area contributed by atoms with Crippen molar-refractivity contribution in [2.45, 2.75) is 25.3 Å². The summed E-state index contributed by atoms with van der Waals surface area (Å²) in [7, 11) is 1.91. The molecule has 1 aromatic rings. The predicted octanol–water partition coefficient (Wildman–Crippen LogP) is 0.0414. The first-order valence-corrected chi connectivity index (χ1v) is 6.61. The lowest BCUT2D eigenvalue weighted by molar-refractivity contribution is 0.222. The molecule has 0 aliphatic carbocycles. The lowest BCUT2D eigenvalue weighted by atomic mass is 9.94. The maximum Gasteiger partial charge on any atom is 0.151 e. The lowest BCUT2D eigenvalue weighted by Crippen LogP contribution is -2.44. The Hall–Kier alpha value is -0.940. The highest BCUT2D eigenvalue weighted by atomic mass is 15.3. The van der Waals surface area contributed by atoms with E-state index < -0.39 is 0 Å². The molecule has 2 saturated heterocycles. The summed E-state index contributed by atoms with van der Waals surface area (Å²) in [5.74, 6) is 1.82. The minimum Gasteiger partial charge on any atom is -0.313 e. The van der Waals surface area contributed by atoms with Gasteiger partial charge in [-0.15, -0.1) is 0 Å². The van der Waals surface area contributed by atoms with E-state index in [-0.39, 0.29) is 0 Å². The summed E-state index contributed by atoms with van der Waals surface area (Å²) in [4.78, 5) is 6.84. The smallest absolute Gasteiger partial charge is 0.151 e. The second-order valence-corrected chi connectivity index (χ2v) is 5.28. The van der Waals surface area contributed by atoms with E-state index in [0.29, 0.717) is 0 Å². The lowest BCUT2D eigenvalue weighted by Gasteiger charge is -2.31. The van der Waals surface area contributed by atoms with E-state index in [0.717, 1.165) is 30.7 Å². The van der Waals surface area contributed by atoms with Gasteiger partial charge in [0.2, 0.25) is 0 Å². The highest BCUT2D eigenvalue weighted by Gasteiger charge is 2.33. The van der Waals surface area contributed by atoms with Crippen LogP contribution in [0.2, 0.25) is 0 Å². The molecular weight excluding hydrogens is 214 g/mol. The average molecular weight is 235 g/mol. The number of aromatic nitrogens is 3. The topological polar surface area (TPSA) is 46.0 Å². The Morgan fingerprint density at radius 2 is 2.29 bits per heavy atom. The number of rotatable bonds is 4. The van der Waals surface area contributed by atoms with Crippen LogP contribution in [0.25, 0.3) is 0 Å². The largest absolute Gasteiger partial charge is 0.313 e. The van der Waals surface area contributed by atoms with Gasteiger partial charge in [-0.05, 0) is 31.8 Å². The van der Waals surface area contributed by atoms with Crippen molar-refractivity contribution in [3.8, 4) is 0 Å². The normalized spacial score (nSPS) is 31.9. The highest BCUT2D eigenvalue weighted by molar-refractivity contribution is 4.91. The standard InChI is InChI=1S/C12H21N5/c1-16-9-14-12(15-16)2-5-13-11-4-7-17-6-3-10(11)8-17/h9-11,13H,2-8H2,1H3. The number of piperidine rings is 1. The van der Waals surface area contributed by atoms with E-state index in [9.17, 15) is 0 Å². The van der Waals surface area contributed by atoms with Crippen LogP contribution in [0.5, 0.6) is 0 Å². The molecule has 0 radical (unpaired) electrons. The van der Waals surface area contributed by atoms with E-state index in [2.05, 4.69) is 20.3 Å². The number of nitrogens with one attached hydrogen (secondary N) is 1. The number of aryl methyl sites for hydroxylation is 1. The van der Waals surface area contributed by atoms with Crippen molar-refractivity contribution >= 4 is 0 Å². The summed E-state index contributed by atoms with van der Waals surface area (Å²) in [5.41, 5.74) is 0. The van der Waals surface area contributed by atoms with Crippen molar-refractivity contribution in [3.05, 3.63) is 12.2 Å². The van der Waals surface area contributed by atoms with Gasteiger partial charge in [0.25, 0.3) is 0 Å². The highest BCUT2D eigenvalue weighted by Crippen LogP contribution is 2.26. The van der Waals surface area contributed by atoms with Gasteiger partial charge in [-0.25, -0.2) is 4.98 Å². The molecular formula is C12H21N5. The number of hydrogen-bond donors (Lipinski definition) is 1. The van der Waals surface area contributed by atoms with Crippen LogP contribution >= 0.6 is 0 Å². The van der Waals surface area contributed by atoms with Gasteiger partial charge in [0.1, 0.15) is 6.33 Å². The average Bonchev–Trinajstić information content (AvgIpc) is 2.90. The van der Waals surface area contributed by atoms with Crippen LogP contribution in [-0.4, -0.2) is 51.9 Å². The molecule has 5 nitrogen and oxygen atoms in total. The van der Waals surface area contributed by atoms with E-state index in [1.54, 1.807) is 11.0 Å². The van der Waals surface area contributed by atoms with E-state index >= 15 is 0 Å². The second-order valence-electron chi connectivity index (χ2n) is 5.28. The molecule has 1 N–H and O–H groups in total. The van der Waals surface area contributed by atoms with Gasteiger partial charge in [-0.3, -0.25) is 4.68 Å². The molecule has 3 heterocycles. The number of nitrogens with zero attached hydrogens (tertiary/aromatic N) is 4. The van der Waals surface area contributed by atoms with Crippen LogP contribution in [-0.2, 0) is 13.5 Å². The molecule has 5 heteroatoms. The summed E-state index contributed by atoms with van der Waals surface area (Å²) in [6.07, 6.45) is 5.39. The van der Waals surface area contributed by atoms with Gasteiger partial charge < -0.3 is 10.2 Å². The van der Waals surface area contributed by atoms with Crippen LogP contribution < -0.4 is 5.32 Å². The van der Waals surface area contributed by atoms with Crippen molar-refractivity contribution in [1.82, 2.24) is 25.0 Å². The number of fused-ring (bicyclic) bond motifs is 2. The zero-order valence-electron chi connectivity index (χ0n) is 10.5. The molecule has 2 aliphatic rings. The summed E-state index contributed by atoms with van der Waals surface area (Å²) < 4.78 is 1.77. The summed E-state index contributed by atoms with van der Waals surface area (Å²) in [6, 6.07) is 0.720. The summed E-state index contributed by atoms with van der Waals surface area (Å²) >= 11 is 0. The second kappa shape index (κ2) is 4.74. The van der Waals surface area contributed by atoms with Crippen LogP contribution in [0, 0.1) is 5.92 Å². The van der Waals surface area contributed by atoms with Crippen molar-refractivity contribution in [2.24, 2.45) is 13.0 Å². The molecule has 3 rings (SSSR count). The maximum atomic E-state index is 4.30. The van der Waals surface area contributed by atoms with Crippen LogP contribution in [0.15, 0.2) is 6.33 Å². The number of hydrogen-bond acceptors (Lipinski definition) is 4. The molecule has 2 aliphatic heterocycles. The fourth-order valence-corrected chi connectivity index (χ4v) is 3.09. The Morgan fingerprint density at radius 1 is 1.41 bits per heavy atom. The van der Waals surface area contributed by atoms with Gasteiger partial charge in [-0.1, -0.05) is 0 Å². The van der Waals surface area contributed by atoms with E-state index in [1.807, 2.05) is 7.05 Å². The van der Waals surface area contributed by atoms with E-state index in [1.165, 1.54) is 32.5 Å². The van der Waals surface area contributed by atoms with Crippen molar-refractivity contribution in [3.63, 3.8) is 0 Å². The molecule has 94 valence electrons. The Bertz CT molecular complexity index is 375. The molecule has 17 heavy (non-hydrogen) atoms. The Kier molecular flexibility index (Phi) is 3.11. The minimum atomic E-state index is 0.720. The molecule has 0 saturated carbocycles. The Balaban J connectivity index is 1.45. The van der Waals surface area contributed by atoms with Gasteiger partial charge in [0.15, 0.2) is 5.82 Å². The van der Waals surface area contributed by atoms with Crippen molar-refractivity contribution in [2.75, 3.05) is 26.2 Å². The SMILES string of the molecule is Cn1cnc(CCNC2CCN3CCC2C3)n1. The predicted molar refractivity (Wildman–Crippen MR) is 65.7 cm³/mol. The first kappa shape index (κ1) is 11.2. The van der Waals surface area contributed by atoms with Gasteiger partial charge >= 0.3 is 0 Å². The Labute approximate surface area is 102 Å². The minimum absolute atomic E-state index is 0.720. The van der Waals surface area contributed by atoms with Gasteiger partial charge in [0.05, 0.1) is 0 Å². The van der Waals surface area contributed by atoms with E-state index in [4.69, 9.17) is 0 Å². The van der Waals surface area contributed by atoms with Gasteiger partial charge in [-0.2, -0.15) is 5.10 Å². The molecule has 0 spiro atoms. The fourth-order valence-electron chi connectivity index (χ4n) is 3.09. The quantitative estimate of drug-likeness (QED) is 0.800. The molecule has 0 amide bonds. The van der Waals surface area contributed by atoms with Crippen molar-refractivity contribution in [1.29, 1.82) is 0 Å². The molecule has 3 unspecified atom stereocenters. The maximum absolute atomic E-state index is 4.30. The fraction of sp³-hybridized carbons (Fsp3) is 0.833. The summed E-state index contributed by atoms with van der Waals surface area (Å²) in [5, 5.41) is 7.99.